The third-order valence-electron chi connectivity index (χ3n) is 0.893. The molecule has 0 bridgehead atoms. The average molecular weight is 190 g/mol. The van der Waals surface area contributed by atoms with Crippen molar-refractivity contribution in [1.29, 1.82) is 0 Å². The number of hydrogen-bond acceptors (Lipinski definition) is 0. The number of benzene rings is 1. The summed E-state index contributed by atoms with van der Waals surface area (Å²) in [6.07, 6.45) is 0. The van der Waals surface area contributed by atoms with Crippen LogP contribution >= 0.6 is 15.9 Å². The zero-order valence-electron chi connectivity index (χ0n) is 4.40. The Labute approximate surface area is 60.3 Å². The van der Waals surface area contributed by atoms with Crippen LogP contribution in [0.15, 0.2) is 22.7 Å². The lowest BCUT2D eigenvalue weighted by atomic mass is 10.3. The summed E-state index contributed by atoms with van der Waals surface area (Å²) in [5.74, 6) is -1.29. The van der Waals surface area contributed by atoms with E-state index in [1.54, 1.807) is 0 Å². The van der Waals surface area contributed by atoms with Crippen molar-refractivity contribution < 1.29 is 9.50 Å². The van der Waals surface area contributed by atoms with E-state index < -0.39 is 11.6 Å². The summed E-state index contributed by atoms with van der Waals surface area (Å²) in [6.45, 7) is 0. The van der Waals surface area contributed by atoms with E-state index in [0.29, 0.717) is 4.47 Å². The lowest BCUT2D eigenvalue weighted by Gasteiger charge is -1.89. The van der Waals surface area contributed by atoms with Crippen LogP contribution in [-0.4, -0.2) is 0 Å². The third-order valence-corrected chi connectivity index (χ3v) is 1.39. The SMILES string of the molecule is [O]c1cc(Br)ccc1F. The van der Waals surface area contributed by atoms with Crippen LogP contribution in [0.4, 0.5) is 4.39 Å². The fraction of sp³-hybridized carbons (Fsp3) is 0. The molecule has 0 fully saturated rings. The Morgan fingerprint density at radius 2 is 2.11 bits per heavy atom. The zero-order chi connectivity index (χ0) is 6.85. The lowest BCUT2D eigenvalue weighted by molar-refractivity contribution is 0.329. The van der Waals surface area contributed by atoms with Gasteiger partial charge in [0.25, 0.3) is 0 Å². The van der Waals surface area contributed by atoms with Gasteiger partial charge in [0.1, 0.15) is 0 Å². The molecule has 0 heterocycles. The molecule has 9 heavy (non-hydrogen) atoms. The molecule has 1 nitrogen and oxygen atoms in total. The first-order valence-electron chi connectivity index (χ1n) is 2.32. The standard InChI is InChI=1S/C6H3BrFO/c7-4-1-2-5(8)6(9)3-4/h1-3H. The first-order valence-corrected chi connectivity index (χ1v) is 3.11. The summed E-state index contributed by atoms with van der Waals surface area (Å²) in [4.78, 5) is 0. The van der Waals surface area contributed by atoms with Crippen LogP contribution in [0, 0.1) is 5.82 Å². The van der Waals surface area contributed by atoms with Crippen molar-refractivity contribution in [1.82, 2.24) is 0 Å². The fourth-order valence-electron chi connectivity index (χ4n) is 0.477. The molecule has 0 spiro atoms. The minimum atomic E-state index is -0.710. The summed E-state index contributed by atoms with van der Waals surface area (Å²) in [7, 11) is 0. The van der Waals surface area contributed by atoms with E-state index in [1.807, 2.05) is 0 Å². The Balaban J connectivity index is 3.17. The molecule has 0 saturated carbocycles. The monoisotopic (exact) mass is 189 g/mol. The molecule has 0 aromatic heterocycles. The largest absolute Gasteiger partial charge is 0.287 e. The molecule has 0 N–H and O–H groups in total. The van der Waals surface area contributed by atoms with Crippen molar-refractivity contribution >= 4 is 15.9 Å². The molecule has 1 aromatic rings. The third kappa shape index (κ3) is 1.42. The smallest absolute Gasteiger partial charge is 0.215 e. The fourth-order valence-corrected chi connectivity index (χ4v) is 0.817. The average Bonchev–Trinajstić information content (AvgIpc) is 1.80. The van der Waals surface area contributed by atoms with Gasteiger partial charge in [-0.1, -0.05) is 15.9 Å². The molecule has 0 unspecified atom stereocenters. The van der Waals surface area contributed by atoms with Gasteiger partial charge in [-0.2, -0.15) is 0 Å². The Kier molecular flexibility index (Phi) is 1.71. The highest BCUT2D eigenvalue weighted by molar-refractivity contribution is 9.10. The molecule has 0 saturated heterocycles. The second-order valence-corrected chi connectivity index (χ2v) is 2.49. The maximum atomic E-state index is 12.2. The van der Waals surface area contributed by atoms with Crippen LogP contribution in [0.5, 0.6) is 5.75 Å². The van der Waals surface area contributed by atoms with E-state index in [9.17, 15) is 9.50 Å². The zero-order valence-corrected chi connectivity index (χ0v) is 5.98. The van der Waals surface area contributed by atoms with Gasteiger partial charge in [-0.3, -0.25) is 5.11 Å². The van der Waals surface area contributed by atoms with Crippen molar-refractivity contribution in [3.63, 3.8) is 0 Å². The number of rotatable bonds is 0. The summed E-state index contributed by atoms with van der Waals surface area (Å²) in [5.41, 5.74) is 0. The van der Waals surface area contributed by atoms with Gasteiger partial charge in [0.05, 0.1) is 0 Å². The van der Waals surface area contributed by atoms with Crippen molar-refractivity contribution in [3.05, 3.63) is 28.5 Å². The molecule has 1 aromatic carbocycles. The van der Waals surface area contributed by atoms with Crippen molar-refractivity contribution in [2.24, 2.45) is 0 Å². The highest BCUT2D eigenvalue weighted by Gasteiger charge is 1.99. The molecule has 0 atom stereocenters. The maximum Gasteiger partial charge on any atom is 0.215 e. The maximum absolute atomic E-state index is 12.2. The normalized spacial score (nSPS) is 9.56. The first kappa shape index (κ1) is 6.55. The molecule has 1 rings (SSSR count). The molecule has 47 valence electrons. The van der Waals surface area contributed by atoms with Gasteiger partial charge in [0, 0.05) is 10.5 Å². The van der Waals surface area contributed by atoms with Gasteiger partial charge in [0.15, 0.2) is 5.82 Å². The highest BCUT2D eigenvalue weighted by Crippen LogP contribution is 2.20. The van der Waals surface area contributed by atoms with Gasteiger partial charge in [-0.15, -0.1) is 0 Å². The second-order valence-electron chi connectivity index (χ2n) is 1.57. The van der Waals surface area contributed by atoms with Crippen LogP contribution in [0.3, 0.4) is 0 Å². The highest BCUT2D eigenvalue weighted by atomic mass is 79.9. The first-order chi connectivity index (χ1) is 4.20. The van der Waals surface area contributed by atoms with Crippen LogP contribution in [0.1, 0.15) is 0 Å². The van der Waals surface area contributed by atoms with Crippen molar-refractivity contribution in [2.75, 3.05) is 0 Å². The van der Waals surface area contributed by atoms with E-state index in [2.05, 4.69) is 15.9 Å². The van der Waals surface area contributed by atoms with E-state index in [4.69, 9.17) is 0 Å². The van der Waals surface area contributed by atoms with Crippen LogP contribution < -0.4 is 0 Å². The Hall–Kier alpha value is -0.570. The van der Waals surface area contributed by atoms with E-state index in [1.165, 1.54) is 12.1 Å². The molecule has 1 radical (unpaired) electrons. The van der Waals surface area contributed by atoms with Crippen molar-refractivity contribution in [3.8, 4) is 5.75 Å². The molecule has 0 amide bonds. The van der Waals surface area contributed by atoms with Gasteiger partial charge in [-0.25, -0.2) is 4.39 Å². The van der Waals surface area contributed by atoms with Crippen LogP contribution in [0.2, 0.25) is 0 Å². The Morgan fingerprint density at radius 3 is 2.56 bits per heavy atom. The summed E-state index contributed by atoms with van der Waals surface area (Å²) < 4.78 is 12.8. The number of halogens is 2. The summed E-state index contributed by atoms with van der Waals surface area (Å²) in [6, 6.07) is 3.80. The van der Waals surface area contributed by atoms with E-state index in [0.717, 1.165) is 6.07 Å². The predicted octanol–water partition coefficient (Wildman–Crippen LogP) is 2.73. The quantitative estimate of drug-likeness (QED) is 0.599. The van der Waals surface area contributed by atoms with Gasteiger partial charge < -0.3 is 0 Å². The molecule has 3 heteroatoms. The predicted molar refractivity (Wildman–Crippen MR) is 34.2 cm³/mol. The summed E-state index contributed by atoms with van der Waals surface area (Å²) >= 11 is 3.03. The number of hydrogen-bond donors (Lipinski definition) is 0. The van der Waals surface area contributed by atoms with Crippen molar-refractivity contribution in [2.45, 2.75) is 0 Å². The van der Waals surface area contributed by atoms with Gasteiger partial charge in [0.2, 0.25) is 5.75 Å². The topological polar surface area (TPSA) is 19.9 Å². The molecule has 0 aliphatic heterocycles. The molecular weight excluding hydrogens is 187 g/mol. The molecule has 0 aliphatic rings. The summed E-state index contributed by atoms with van der Waals surface area (Å²) in [5, 5.41) is 10.4. The van der Waals surface area contributed by atoms with E-state index >= 15 is 0 Å². The Morgan fingerprint density at radius 1 is 1.44 bits per heavy atom. The van der Waals surface area contributed by atoms with Crippen LogP contribution in [-0.2, 0) is 5.11 Å². The Bertz CT molecular complexity index is 224. The molecular formula is C6H3BrFO. The lowest BCUT2D eigenvalue weighted by Crippen LogP contribution is -1.71. The molecule has 0 aliphatic carbocycles. The van der Waals surface area contributed by atoms with Gasteiger partial charge >= 0.3 is 0 Å². The van der Waals surface area contributed by atoms with E-state index in [-0.39, 0.29) is 0 Å². The second kappa shape index (κ2) is 2.35. The minimum Gasteiger partial charge on any atom is -0.287 e. The van der Waals surface area contributed by atoms with Crippen LogP contribution in [0.25, 0.3) is 0 Å². The van der Waals surface area contributed by atoms with Gasteiger partial charge in [-0.05, 0) is 12.1 Å². The minimum absolute atomic E-state index is 0.579.